The predicted molar refractivity (Wildman–Crippen MR) is 140 cm³/mol. The third-order valence-corrected chi connectivity index (χ3v) is 6.78. The zero-order chi connectivity index (χ0) is 26.7. The first-order valence-electron chi connectivity index (χ1n) is 11.6. The molecule has 4 rings (SSSR count). The topological polar surface area (TPSA) is 102 Å². The van der Waals surface area contributed by atoms with Crippen LogP contribution in [0.5, 0.6) is 11.5 Å². The highest BCUT2D eigenvalue weighted by atomic mass is 32.1. The Hall–Kier alpha value is -4.11. The molecule has 1 aliphatic rings. The lowest BCUT2D eigenvalue weighted by molar-refractivity contribution is -0.146. The molecule has 1 aromatic heterocycles. The number of aliphatic hydroxyl groups excluding tert-OH is 1. The minimum Gasteiger partial charge on any atom is -0.506 e. The Labute approximate surface area is 218 Å². The number of carbonyl (C=O) groups is 3. The molecule has 0 spiro atoms. The van der Waals surface area contributed by atoms with Crippen molar-refractivity contribution in [1.82, 2.24) is 0 Å². The van der Waals surface area contributed by atoms with Crippen molar-refractivity contribution in [2.24, 2.45) is 0 Å². The Bertz CT molecular complexity index is 1320. The number of hydrogen-bond acceptors (Lipinski definition) is 8. The van der Waals surface area contributed by atoms with Gasteiger partial charge in [-0.25, -0.2) is 0 Å². The number of anilines is 1. The van der Waals surface area contributed by atoms with Crippen LogP contribution in [0.3, 0.4) is 0 Å². The molecule has 1 amide bonds. The summed E-state index contributed by atoms with van der Waals surface area (Å²) in [7, 11) is 2.89. The number of ketones is 1. The number of nitrogens with zero attached hydrogens (tertiary/aromatic N) is 1. The zero-order valence-corrected chi connectivity index (χ0v) is 21.7. The minimum atomic E-state index is -0.869. The number of esters is 1. The maximum Gasteiger partial charge on any atom is 0.310 e. The summed E-state index contributed by atoms with van der Waals surface area (Å²) in [5.41, 5.74) is 1.27. The molecule has 3 aromatic rings. The average Bonchev–Trinajstić information content (AvgIpc) is 3.50. The highest BCUT2D eigenvalue weighted by Gasteiger charge is 2.48. The highest BCUT2D eigenvalue weighted by molar-refractivity contribution is 7.10. The number of aliphatic hydroxyl groups is 1. The first kappa shape index (κ1) is 26.0. The molecule has 1 N–H and O–H groups in total. The van der Waals surface area contributed by atoms with Gasteiger partial charge in [0.1, 0.15) is 28.9 Å². The summed E-state index contributed by atoms with van der Waals surface area (Å²) in [6.45, 7) is 3.56. The van der Waals surface area contributed by atoms with E-state index in [1.807, 2.05) is 11.4 Å². The number of methoxy groups -OCH3 is 2. The van der Waals surface area contributed by atoms with Crippen LogP contribution < -0.4 is 14.4 Å². The van der Waals surface area contributed by atoms with E-state index in [0.717, 1.165) is 0 Å². The Morgan fingerprint density at radius 3 is 2.19 bits per heavy atom. The fourth-order valence-electron chi connectivity index (χ4n) is 4.28. The molecule has 1 atom stereocenters. The van der Waals surface area contributed by atoms with Gasteiger partial charge in [0, 0.05) is 10.6 Å². The Kier molecular flexibility index (Phi) is 7.63. The summed E-state index contributed by atoms with van der Waals surface area (Å²) in [5, 5.41) is 13.3. The van der Waals surface area contributed by atoms with Crippen LogP contribution in [0.25, 0.3) is 5.76 Å². The third kappa shape index (κ3) is 5.08. The standard InChI is InChI=1S/C28H27NO7S/c1-16(2)36-22(30)15-17-10-12-18(13-11-17)29-25(21-9-6-14-37-21)24(27(32)28(29)33)26(31)23-19(34-3)7-5-8-20(23)35-4/h5-14,16,25,31H,15H2,1-4H3/b26-24+. The maximum atomic E-state index is 13.4. The van der Waals surface area contributed by atoms with Gasteiger partial charge in [-0.2, -0.15) is 0 Å². The molecule has 1 aliphatic heterocycles. The van der Waals surface area contributed by atoms with Crippen LogP contribution in [-0.4, -0.2) is 43.1 Å². The molecule has 1 unspecified atom stereocenters. The van der Waals surface area contributed by atoms with Crippen LogP contribution in [0, 0.1) is 0 Å². The number of rotatable bonds is 8. The van der Waals surface area contributed by atoms with Crippen LogP contribution in [0.1, 0.15) is 35.9 Å². The normalized spacial score (nSPS) is 16.8. The van der Waals surface area contributed by atoms with Crippen LogP contribution in [0.15, 0.2) is 65.6 Å². The number of carbonyl (C=O) groups excluding carboxylic acids is 3. The Balaban J connectivity index is 1.80. The van der Waals surface area contributed by atoms with Gasteiger partial charge >= 0.3 is 5.97 Å². The molecule has 0 saturated carbocycles. The van der Waals surface area contributed by atoms with E-state index in [4.69, 9.17) is 14.2 Å². The lowest BCUT2D eigenvalue weighted by atomic mass is 9.98. The van der Waals surface area contributed by atoms with E-state index >= 15 is 0 Å². The van der Waals surface area contributed by atoms with Gasteiger partial charge in [-0.1, -0.05) is 24.3 Å². The van der Waals surface area contributed by atoms with Gasteiger partial charge in [-0.05, 0) is 55.1 Å². The number of benzene rings is 2. The van der Waals surface area contributed by atoms with E-state index in [1.165, 1.54) is 30.5 Å². The lowest BCUT2D eigenvalue weighted by Crippen LogP contribution is -2.29. The van der Waals surface area contributed by atoms with Crippen molar-refractivity contribution < 1.29 is 33.7 Å². The van der Waals surface area contributed by atoms with Gasteiger partial charge in [0.2, 0.25) is 0 Å². The smallest absolute Gasteiger partial charge is 0.310 e. The molecule has 2 aromatic carbocycles. The number of thiophene rings is 1. The van der Waals surface area contributed by atoms with Crippen molar-refractivity contribution in [2.45, 2.75) is 32.4 Å². The average molecular weight is 522 g/mol. The second kappa shape index (κ2) is 10.9. The van der Waals surface area contributed by atoms with Crippen molar-refractivity contribution in [3.8, 4) is 11.5 Å². The second-order valence-electron chi connectivity index (χ2n) is 8.60. The Morgan fingerprint density at radius 2 is 1.65 bits per heavy atom. The molecule has 2 heterocycles. The highest BCUT2D eigenvalue weighted by Crippen LogP contribution is 2.46. The van der Waals surface area contributed by atoms with E-state index in [1.54, 1.807) is 62.4 Å². The molecule has 1 saturated heterocycles. The largest absolute Gasteiger partial charge is 0.506 e. The van der Waals surface area contributed by atoms with Crippen molar-refractivity contribution in [3.05, 3.63) is 81.6 Å². The van der Waals surface area contributed by atoms with Gasteiger partial charge in [0.05, 0.1) is 32.3 Å². The summed E-state index contributed by atoms with van der Waals surface area (Å²) in [5.74, 6) is -1.75. The number of amides is 1. The molecule has 0 bridgehead atoms. The molecule has 1 fully saturated rings. The first-order chi connectivity index (χ1) is 17.8. The van der Waals surface area contributed by atoms with Gasteiger partial charge < -0.3 is 19.3 Å². The fourth-order valence-corrected chi connectivity index (χ4v) is 5.10. The summed E-state index contributed by atoms with van der Waals surface area (Å²) in [6, 6.07) is 14.5. The van der Waals surface area contributed by atoms with Crippen molar-refractivity contribution in [1.29, 1.82) is 0 Å². The molecule has 37 heavy (non-hydrogen) atoms. The number of hydrogen-bond donors (Lipinski definition) is 1. The van der Waals surface area contributed by atoms with Gasteiger partial charge in [-0.15, -0.1) is 11.3 Å². The number of Topliss-reactive ketones (excluding diaryl/α,β-unsaturated/α-hetero) is 1. The minimum absolute atomic E-state index is 0.0696. The van der Waals surface area contributed by atoms with Crippen LogP contribution in [0.4, 0.5) is 5.69 Å². The second-order valence-corrected chi connectivity index (χ2v) is 9.58. The van der Waals surface area contributed by atoms with E-state index < -0.39 is 17.7 Å². The molecule has 192 valence electrons. The van der Waals surface area contributed by atoms with Gasteiger partial charge in [0.25, 0.3) is 11.7 Å². The molecule has 0 aliphatic carbocycles. The van der Waals surface area contributed by atoms with Gasteiger partial charge in [-0.3, -0.25) is 19.3 Å². The van der Waals surface area contributed by atoms with Crippen molar-refractivity contribution in [3.63, 3.8) is 0 Å². The monoisotopic (exact) mass is 521 g/mol. The zero-order valence-electron chi connectivity index (χ0n) is 20.9. The SMILES string of the molecule is COc1cccc(OC)c1/C(O)=C1\C(=O)C(=O)N(c2ccc(CC(=O)OC(C)C)cc2)C1c1cccs1. The molecular formula is C28H27NO7S. The molecule has 9 heteroatoms. The van der Waals surface area contributed by atoms with E-state index in [0.29, 0.717) is 27.6 Å². The van der Waals surface area contributed by atoms with E-state index in [9.17, 15) is 19.5 Å². The molecule has 0 radical (unpaired) electrons. The van der Waals surface area contributed by atoms with Crippen molar-refractivity contribution in [2.75, 3.05) is 19.1 Å². The van der Waals surface area contributed by atoms with E-state index in [2.05, 4.69) is 0 Å². The van der Waals surface area contributed by atoms with Gasteiger partial charge in [0.15, 0.2) is 0 Å². The number of ether oxygens (including phenoxy) is 3. The van der Waals surface area contributed by atoms with Crippen molar-refractivity contribution >= 4 is 40.4 Å². The third-order valence-electron chi connectivity index (χ3n) is 5.85. The fraction of sp³-hybridized carbons (Fsp3) is 0.250. The summed E-state index contributed by atoms with van der Waals surface area (Å²) < 4.78 is 16.0. The molecular weight excluding hydrogens is 494 g/mol. The quantitative estimate of drug-likeness (QED) is 0.195. The van der Waals surface area contributed by atoms with E-state index in [-0.39, 0.29) is 35.4 Å². The van der Waals surface area contributed by atoms with Crippen LogP contribution in [0.2, 0.25) is 0 Å². The lowest BCUT2D eigenvalue weighted by Gasteiger charge is -2.24. The van der Waals surface area contributed by atoms with Crippen LogP contribution >= 0.6 is 11.3 Å². The maximum absolute atomic E-state index is 13.4. The Morgan fingerprint density at radius 1 is 1.00 bits per heavy atom. The van der Waals surface area contributed by atoms with Crippen LogP contribution in [-0.2, 0) is 25.5 Å². The predicted octanol–water partition coefficient (Wildman–Crippen LogP) is 4.89. The summed E-state index contributed by atoms with van der Waals surface area (Å²) in [4.78, 5) is 40.8. The first-order valence-corrected chi connectivity index (χ1v) is 12.5. The molecule has 8 nitrogen and oxygen atoms in total. The summed E-state index contributed by atoms with van der Waals surface area (Å²) in [6.07, 6.45) is -0.134. The summed E-state index contributed by atoms with van der Waals surface area (Å²) >= 11 is 1.36.